The fraction of sp³-hybridized carbons (Fsp3) is 0.280. The van der Waals surface area contributed by atoms with Crippen LogP contribution in [0.15, 0.2) is 65.8 Å². The zero-order valence-corrected chi connectivity index (χ0v) is 18.4. The van der Waals surface area contributed by atoms with Gasteiger partial charge in [0.25, 0.3) is 0 Å². The van der Waals surface area contributed by atoms with E-state index in [-0.39, 0.29) is 29.8 Å². The quantitative estimate of drug-likeness (QED) is 0.245. The topological polar surface area (TPSA) is 70.8 Å². The Morgan fingerprint density at radius 2 is 1.94 bits per heavy atom. The SMILES string of the molecule is C=CCCOc1cc(-c2nc(C(C(C)=O)c3ccccc3OCC)co2)ccc1OC(F)F. The maximum absolute atomic E-state index is 12.8. The maximum Gasteiger partial charge on any atom is 0.387 e. The largest absolute Gasteiger partial charge is 0.494 e. The fourth-order valence-corrected chi connectivity index (χ4v) is 3.34. The standard InChI is InChI=1S/C25H25F2NO5/c1-4-6-13-31-22-14-17(11-12-21(22)33-25(26)27)24-28-19(15-32-24)23(16(3)29)18-9-7-8-10-20(18)30-5-2/h4,7-12,14-15,23,25H,1,5-6,13H2,2-3H3. The molecular weight excluding hydrogens is 432 g/mol. The van der Waals surface area contributed by atoms with E-state index >= 15 is 0 Å². The molecule has 1 heterocycles. The first kappa shape index (κ1) is 24.0. The molecule has 0 aliphatic heterocycles. The van der Waals surface area contributed by atoms with Crippen molar-refractivity contribution in [2.75, 3.05) is 13.2 Å². The van der Waals surface area contributed by atoms with E-state index < -0.39 is 12.5 Å². The Balaban J connectivity index is 1.96. The summed E-state index contributed by atoms with van der Waals surface area (Å²) in [6.45, 7) is 4.65. The van der Waals surface area contributed by atoms with Gasteiger partial charge < -0.3 is 18.6 Å². The van der Waals surface area contributed by atoms with E-state index in [9.17, 15) is 13.6 Å². The number of oxazole rings is 1. The van der Waals surface area contributed by atoms with E-state index in [4.69, 9.17) is 13.9 Å². The highest BCUT2D eigenvalue weighted by molar-refractivity contribution is 5.87. The van der Waals surface area contributed by atoms with Crippen LogP contribution in [-0.4, -0.2) is 30.6 Å². The lowest BCUT2D eigenvalue weighted by Crippen LogP contribution is -2.13. The Bertz CT molecular complexity index is 1100. The molecule has 174 valence electrons. The lowest BCUT2D eigenvalue weighted by atomic mass is 9.92. The van der Waals surface area contributed by atoms with Gasteiger partial charge in [-0.15, -0.1) is 6.58 Å². The van der Waals surface area contributed by atoms with Gasteiger partial charge >= 0.3 is 6.61 Å². The lowest BCUT2D eigenvalue weighted by Gasteiger charge is -2.16. The first-order chi connectivity index (χ1) is 15.9. The van der Waals surface area contributed by atoms with E-state index in [2.05, 4.69) is 16.3 Å². The molecule has 0 radical (unpaired) electrons. The Morgan fingerprint density at radius 1 is 1.15 bits per heavy atom. The smallest absolute Gasteiger partial charge is 0.387 e. The molecule has 0 N–H and O–H groups in total. The van der Waals surface area contributed by atoms with Crippen molar-refractivity contribution < 1.29 is 32.2 Å². The average Bonchev–Trinajstić information content (AvgIpc) is 3.25. The van der Waals surface area contributed by atoms with Gasteiger partial charge in [0.1, 0.15) is 17.8 Å². The highest BCUT2D eigenvalue weighted by Crippen LogP contribution is 2.36. The fourth-order valence-electron chi connectivity index (χ4n) is 3.34. The molecule has 2 aromatic carbocycles. The maximum atomic E-state index is 12.8. The third-order valence-corrected chi connectivity index (χ3v) is 4.74. The Labute approximate surface area is 190 Å². The number of carbonyl (C=O) groups excluding carboxylic acids is 1. The molecule has 0 saturated carbocycles. The minimum absolute atomic E-state index is 0.100. The van der Waals surface area contributed by atoms with Crippen LogP contribution in [0, 0.1) is 0 Å². The molecule has 0 aliphatic carbocycles. The molecule has 0 aliphatic rings. The first-order valence-corrected chi connectivity index (χ1v) is 10.4. The number of Topliss-reactive ketones (excluding diaryl/α,β-unsaturated/α-hetero) is 1. The van der Waals surface area contributed by atoms with Gasteiger partial charge in [-0.2, -0.15) is 8.78 Å². The molecule has 3 rings (SSSR count). The Hall–Kier alpha value is -3.68. The van der Waals surface area contributed by atoms with E-state index in [1.54, 1.807) is 12.1 Å². The zero-order chi connectivity index (χ0) is 23.8. The molecule has 0 fully saturated rings. The van der Waals surface area contributed by atoms with Crippen LogP contribution in [0.3, 0.4) is 0 Å². The van der Waals surface area contributed by atoms with Crippen LogP contribution >= 0.6 is 0 Å². The van der Waals surface area contributed by atoms with Crippen LogP contribution in [0.5, 0.6) is 17.2 Å². The molecule has 1 aromatic heterocycles. The van der Waals surface area contributed by atoms with Crippen LogP contribution in [-0.2, 0) is 4.79 Å². The summed E-state index contributed by atoms with van der Waals surface area (Å²) >= 11 is 0. The number of hydrogen-bond donors (Lipinski definition) is 0. The Kier molecular flexibility index (Phi) is 8.18. The number of halogens is 2. The molecule has 1 atom stereocenters. The van der Waals surface area contributed by atoms with E-state index in [1.807, 2.05) is 25.1 Å². The van der Waals surface area contributed by atoms with Gasteiger partial charge in [-0.25, -0.2) is 4.98 Å². The third-order valence-electron chi connectivity index (χ3n) is 4.74. The molecule has 0 amide bonds. The summed E-state index contributed by atoms with van der Waals surface area (Å²) in [5.41, 5.74) is 1.57. The lowest BCUT2D eigenvalue weighted by molar-refractivity contribution is -0.117. The molecule has 6 nitrogen and oxygen atoms in total. The monoisotopic (exact) mass is 457 g/mol. The summed E-state index contributed by atoms with van der Waals surface area (Å²) in [6.07, 6.45) is 3.59. The minimum Gasteiger partial charge on any atom is -0.494 e. The summed E-state index contributed by atoms with van der Waals surface area (Å²) in [4.78, 5) is 17.0. The predicted molar refractivity (Wildman–Crippen MR) is 119 cm³/mol. The number of ether oxygens (including phenoxy) is 3. The van der Waals surface area contributed by atoms with Crippen LogP contribution in [0.4, 0.5) is 8.78 Å². The highest BCUT2D eigenvalue weighted by atomic mass is 19.3. The van der Waals surface area contributed by atoms with Gasteiger partial charge in [-0.3, -0.25) is 4.79 Å². The van der Waals surface area contributed by atoms with Gasteiger partial charge in [0.2, 0.25) is 5.89 Å². The van der Waals surface area contributed by atoms with Crippen molar-refractivity contribution in [2.45, 2.75) is 32.8 Å². The van der Waals surface area contributed by atoms with Crippen molar-refractivity contribution in [1.29, 1.82) is 0 Å². The van der Waals surface area contributed by atoms with Gasteiger partial charge in [-0.1, -0.05) is 24.3 Å². The van der Waals surface area contributed by atoms with Gasteiger partial charge in [0, 0.05) is 11.1 Å². The second kappa shape index (κ2) is 11.3. The van der Waals surface area contributed by atoms with E-state index in [0.717, 1.165) is 0 Å². The second-order valence-corrected chi connectivity index (χ2v) is 7.06. The van der Waals surface area contributed by atoms with Gasteiger partial charge in [-0.05, 0) is 44.5 Å². The average molecular weight is 457 g/mol. The number of rotatable bonds is 12. The molecule has 0 saturated heterocycles. The van der Waals surface area contributed by atoms with Gasteiger partial charge in [0.05, 0.1) is 24.8 Å². The van der Waals surface area contributed by atoms with Gasteiger partial charge in [0.15, 0.2) is 11.5 Å². The third kappa shape index (κ3) is 5.97. The van der Waals surface area contributed by atoms with Crippen LogP contribution in [0.1, 0.15) is 37.4 Å². The predicted octanol–water partition coefficient (Wildman–Crippen LogP) is 6.02. The van der Waals surface area contributed by atoms with Crippen molar-refractivity contribution in [3.8, 4) is 28.7 Å². The number of para-hydroxylation sites is 1. The van der Waals surface area contributed by atoms with E-state index in [1.165, 1.54) is 31.4 Å². The molecule has 33 heavy (non-hydrogen) atoms. The summed E-state index contributed by atoms with van der Waals surface area (Å²) in [5.74, 6) is 0.0145. The van der Waals surface area contributed by atoms with Crippen LogP contribution in [0.25, 0.3) is 11.5 Å². The summed E-state index contributed by atoms with van der Waals surface area (Å²) in [5, 5.41) is 0. The van der Waals surface area contributed by atoms with Crippen molar-refractivity contribution in [3.63, 3.8) is 0 Å². The zero-order valence-electron chi connectivity index (χ0n) is 18.4. The number of carbonyl (C=O) groups is 1. The molecule has 3 aromatic rings. The number of aromatic nitrogens is 1. The number of alkyl halides is 2. The van der Waals surface area contributed by atoms with E-state index in [0.29, 0.717) is 35.6 Å². The summed E-state index contributed by atoms with van der Waals surface area (Å²) in [7, 11) is 0. The molecule has 0 bridgehead atoms. The van der Waals surface area contributed by atoms with Crippen molar-refractivity contribution in [3.05, 3.63) is 72.6 Å². The van der Waals surface area contributed by atoms with Crippen LogP contribution < -0.4 is 14.2 Å². The first-order valence-electron chi connectivity index (χ1n) is 10.4. The second-order valence-electron chi connectivity index (χ2n) is 7.06. The Morgan fingerprint density at radius 3 is 2.64 bits per heavy atom. The molecule has 0 spiro atoms. The molecule has 8 heteroatoms. The molecular formula is C25H25F2NO5. The minimum atomic E-state index is -2.99. The van der Waals surface area contributed by atoms with Crippen molar-refractivity contribution >= 4 is 5.78 Å². The highest BCUT2D eigenvalue weighted by Gasteiger charge is 2.26. The van der Waals surface area contributed by atoms with Crippen molar-refractivity contribution in [2.24, 2.45) is 0 Å². The number of hydrogen-bond acceptors (Lipinski definition) is 6. The number of ketones is 1. The van der Waals surface area contributed by atoms with Crippen LogP contribution in [0.2, 0.25) is 0 Å². The normalized spacial score (nSPS) is 11.8. The summed E-state index contributed by atoms with van der Waals surface area (Å²) in [6, 6.07) is 11.7. The van der Waals surface area contributed by atoms with Crippen molar-refractivity contribution in [1.82, 2.24) is 4.98 Å². The number of benzene rings is 2. The summed E-state index contributed by atoms with van der Waals surface area (Å²) < 4.78 is 47.0. The molecule has 1 unspecified atom stereocenters. The number of nitrogens with zero attached hydrogens (tertiary/aromatic N) is 1.